The van der Waals surface area contributed by atoms with E-state index in [9.17, 15) is 0 Å². The third kappa shape index (κ3) is 3.34. The third-order valence-electron chi connectivity index (χ3n) is 3.21. The van der Waals surface area contributed by atoms with Gasteiger partial charge in [0.05, 0.1) is 0 Å². The normalized spacial score (nSPS) is 12.7. The molecule has 0 amide bonds. The van der Waals surface area contributed by atoms with Crippen LogP contribution in [0.5, 0.6) is 0 Å². The van der Waals surface area contributed by atoms with E-state index in [1.807, 2.05) is 24.6 Å². The number of hydrogen-bond donors (Lipinski definition) is 1. The van der Waals surface area contributed by atoms with Gasteiger partial charge in [0.15, 0.2) is 5.16 Å². The van der Waals surface area contributed by atoms with Gasteiger partial charge < -0.3 is 9.88 Å². The van der Waals surface area contributed by atoms with Crippen molar-refractivity contribution in [3.8, 4) is 0 Å². The minimum Gasteiger partial charge on any atom is -0.310 e. The van der Waals surface area contributed by atoms with Crippen molar-refractivity contribution in [2.75, 3.05) is 6.54 Å². The van der Waals surface area contributed by atoms with Crippen molar-refractivity contribution in [3.63, 3.8) is 0 Å². The van der Waals surface area contributed by atoms with Crippen molar-refractivity contribution in [3.05, 3.63) is 34.6 Å². The van der Waals surface area contributed by atoms with Gasteiger partial charge in [-0.2, -0.15) is 0 Å². The molecule has 1 heterocycles. The summed E-state index contributed by atoms with van der Waals surface area (Å²) < 4.78 is 1.97. The fraction of sp³-hybridized carbons (Fsp3) is 0.429. The molecule has 108 valence electrons. The van der Waals surface area contributed by atoms with Crippen molar-refractivity contribution in [1.82, 2.24) is 20.1 Å². The van der Waals surface area contributed by atoms with Crippen LogP contribution in [0.2, 0.25) is 5.02 Å². The molecule has 2 aromatic rings. The van der Waals surface area contributed by atoms with Crippen LogP contribution in [0.1, 0.15) is 31.3 Å². The summed E-state index contributed by atoms with van der Waals surface area (Å²) in [5.74, 6) is 0.899. The molecule has 0 radical (unpaired) electrons. The molecule has 0 spiro atoms. The van der Waals surface area contributed by atoms with E-state index in [1.165, 1.54) is 0 Å². The molecule has 1 unspecified atom stereocenters. The predicted molar refractivity (Wildman–Crippen MR) is 83.4 cm³/mol. The Bertz CT molecular complexity index is 597. The van der Waals surface area contributed by atoms with Gasteiger partial charge in [-0.15, -0.1) is 10.2 Å². The molecular formula is C14H19ClN4S. The molecule has 0 fully saturated rings. The largest absolute Gasteiger partial charge is 0.310 e. The van der Waals surface area contributed by atoms with Crippen molar-refractivity contribution in [2.24, 2.45) is 7.05 Å². The first kappa shape index (κ1) is 15.4. The summed E-state index contributed by atoms with van der Waals surface area (Å²) in [6.45, 7) is 7.06. The Morgan fingerprint density at radius 3 is 2.70 bits per heavy atom. The molecule has 6 heteroatoms. The molecule has 0 aliphatic heterocycles. The Morgan fingerprint density at radius 2 is 2.15 bits per heavy atom. The van der Waals surface area contributed by atoms with E-state index >= 15 is 0 Å². The summed E-state index contributed by atoms with van der Waals surface area (Å²) >= 11 is 7.94. The lowest BCUT2D eigenvalue weighted by Crippen LogP contribution is -2.17. The zero-order valence-corrected chi connectivity index (χ0v) is 13.7. The second kappa shape index (κ2) is 6.61. The average Bonchev–Trinajstić information content (AvgIpc) is 2.71. The second-order valence-corrected chi connectivity index (χ2v) is 6.10. The van der Waals surface area contributed by atoms with Crippen LogP contribution in [0.3, 0.4) is 0 Å². The van der Waals surface area contributed by atoms with Gasteiger partial charge in [-0.25, -0.2) is 0 Å². The molecule has 1 aromatic heterocycles. The smallest absolute Gasteiger partial charge is 0.195 e. The maximum absolute atomic E-state index is 6.38. The van der Waals surface area contributed by atoms with Crippen LogP contribution in [-0.4, -0.2) is 21.3 Å². The highest BCUT2D eigenvalue weighted by Crippen LogP contribution is 2.31. The summed E-state index contributed by atoms with van der Waals surface area (Å²) in [5, 5.41) is 13.2. The molecule has 0 saturated carbocycles. The van der Waals surface area contributed by atoms with E-state index in [2.05, 4.69) is 41.5 Å². The highest BCUT2D eigenvalue weighted by Gasteiger charge is 2.11. The predicted octanol–water partition coefficient (Wildman–Crippen LogP) is 3.60. The Hall–Kier alpha value is -1.04. The van der Waals surface area contributed by atoms with E-state index in [-0.39, 0.29) is 6.04 Å². The highest BCUT2D eigenvalue weighted by atomic mass is 35.5. The molecule has 4 nitrogen and oxygen atoms in total. The van der Waals surface area contributed by atoms with Crippen molar-refractivity contribution in [1.29, 1.82) is 0 Å². The molecule has 1 N–H and O–H groups in total. The van der Waals surface area contributed by atoms with Gasteiger partial charge in [-0.1, -0.05) is 24.6 Å². The van der Waals surface area contributed by atoms with E-state index < -0.39 is 0 Å². The average molecular weight is 311 g/mol. The molecule has 1 atom stereocenters. The lowest BCUT2D eigenvalue weighted by atomic mass is 10.1. The molecule has 0 aliphatic carbocycles. The minimum absolute atomic E-state index is 0.253. The standard InChI is InChI=1S/C14H19ClN4S/c1-5-16-9(2)12-7-6-11(8-13(12)15)20-14-18-17-10(3)19(14)4/h6-9,16H,5H2,1-4H3. The number of benzene rings is 1. The van der Waals surface area contributed by atoms with Gasteiger partial charge in [0, 0.05) is 23.0 Å². The number of hydrogen-bond acceptors (Lipinski definition) is 4. The van der Waals surface area contributed by atoms with Crippen LogP contribution < -0.4 is 5.32 Å². The van der Waals surface area contributed by atoms with Gasteiger partial charge in [-0.05, 0) is 49.9 Å². The Balaban J connectivity index is 2.19. The second-order valence-electron chi connectivity index (χ2n) is 4.65. The molecule has 2 rings (SSSR count). The lowest BCUT2D eigenvalue weighted by Gasteiger charge is -2.15. The fourth-order valence-corrected chi connectivity index (χ4v) is 3.20. The first-order chi connectivity index (χ1) is 9.52. The van der Waals surface area contributed by atoms with Gasteiger partial charge >= 0.3 is 0 Å². The number of nitrogens with one attached hydrogen (secondary N) is 1. The Labute approximate surface area is 128 Å². The van der Waals surface area contributed by atoms with E-state index in [1.54, 1.807) is 11.8 Å². The van der Waals surface area contributed by atoms with Crippen LogP contribution in [0.4, 0.5) is 0 Å². The maximum atomic E-state index is 6.38. The van der Waals surface area contributed by atoms with Crippen LogP contribution >= 0.6 is 23.4 Å². The first-order valence-corrected chi connectivity index (χ1v) is 7.79. The lowest BCUT2D eigenvalue weighted by molar-refractivity contribution is 0.598. The summed E-state index contributed by atoms with van der Waals surface area (Å²) in [7, 11) is 1.96. The SMILES string of the molecule is CCNC(C)c1ccc(Sc2nnc(C)n2C)cc1Cl. The minimum atomic E-state index is 0.253. The quantitative estimate of drug-likeness (QED) is 0.916. The van der Waals surface area contributed by atoms with Crippen molar-refractivity contribution < 1.29 is 0 Å². The molecule has 1 aromatic carbocycles. The van der Waals surface area contributed by atoms with Crippen LogP contribution in [0.25, 0.3) is 0 Å². The summed E-state index contributed by atoms with van der Waals surface area (Å²) in [6, 6.07) is 6.38. The van der Waals surface area contributed by atoms with Crippen molar-refractivity contribution >= 4 is 23.4 Å². The van der Waals surface area contributed by atoms with Gasteiger partial charge in [-0.3, -0.25) is 0 Å². The Kier molecular flexibility index (Phi) is 5.07. The van der Waals surface area contributed by atoms with E-state index in [0.29, 0.717) is 0 Å². The number of aromatic nitrogens is 3. The number of nitrogens with zero attached hydrogens (tertiary/aromatic N) is 3. The fourth-order valence-electron chi connectivity index (χ4n) is 1.92. The van der Waals surface area contributed by atoms with Crippen LogP contribution in [0, 0.1) is 6.92 Å². The summed E-state index contributed by atoms with van der Waals surface area (Å²) in [6.07, 6.45) is 0. The first-order valence-electron chi connectivity index (χ1n) is 6.59. The molecule has 0 saturated heterocycles. The number of aryl methyl sites for hydroxylation is 1. The topological polar surface area (TPSA) is 42.7 Å². The zero-order valence-electron chi connectivity index (χ0n) is 12.1. The van der Waals surface area contributed by atoms with Crippen molar-refractivity contribution in [2.45, 2.75) is 36.9 Å². The summed E-state index contributed by atoms with van der Waals surface area (Å²) in [5.41, 5.74) is 1.12. The van der Waals surface area contributed by atoms with Gasteiger partial charge in [0.25, 0.3) is 0 Å². The molecule has 20 heavy (non-hydrogen) atoms. The van der Waals surface area contributed by atoms with Crippen LogP contribution in [-0.2, 0) is 7.05 Å². The van der Waals surface area contributed by atoms with Gasteiger partial charge in [0.2, 0.25) is 0 Å². The Morgan fingerprint density at radius 1 is 1.40 bits per heavy atom. The summed E-state index contributed by atoms with van der Waals surface area (Å²) in [4.78, 5) is 1.07. The van der Waals surface area contributed by atoms with E-state index in [4.69, 9.17) is 11.6 Å². The maximum Gasteiger partial charge on any atom is 0.195 e. The highest BCUT2D eigenvalue weighted by molar-refractivity contribution is 7.99. The number of halogens is 1. The monoisotopic (exact) mass is 310 g/mol. The third-order valence-corrected chi connectivity index (χ3v) is 4.57. The van der Waals surface area contributed by atoms with E-state index in [0.717, 1.165) is 33.0 Å². The van der Waals surface area contributed by atoms with Gasteiger partial charge in [0.1, 0.15) is 5.82 Å². The number of rotatable bonds is 5. The molecule has 0 aliphatic rings. The van der Waals surface area contributed by atoms with Crippen LogP contribution in [0.15, 0.2) is 28.3 Å². The molecule has 0 bridgehead atoms. The molecular weight excluding hydrogens is 292 g/mol. The zero-order chi connectivity index (χ0) is 14.7.